The van der Waals surface area contributed by atoms with E-state index in [0.717, 1.165) is 30.8 Å². The van der Waals surface area contributed by atoms with Gasteiger partial charge in [-0.3, -0.25) is 0 Å². The van der Waals surface area contributed by atoms with Crippen molar-refractivity contribution in [3.63, 3.8) is 0 Å². The molecule has 116 valence electrons. The van der Waals surface area contributed by atoms with Crippen LogP contribution in [0.15, 0.2) is 24.3 Å². The summed E-state index contributed by atoms with van der Waals surface area (Å²) in [6.45, 7) is 0.977. The number of hydrogen-bond donors (Lipinski definition) is 1. The lowest BCUT2D eigenvalue weighted by Crippen LogP contribution is -2.45. The smallest absolute Gasteiger partial charge is 0.122 e. The minimum Gasteiger partial charge on any atom is -0.490 e. The van der Waals surface area contributed by atoms with Crippen molar-refractivity contribution in [3.05, 3.63) is 29.8 Å². The van der Waals surface area contributed by atoms with E-state index in [1.807, 2.05) is 24.3 Å². The van der Waals surface area contributed by atoms with Crippen molar-refractivity contribution in [1.82, 2.24) is 0 Å². The average molecular weight is 290 g/mol. The van der Waals surface area contributed by atoms with Gasteiger partial charge < -0.3 is 14.6 Å². The molecule has 1 aromatic carbocycles. The van der Waals surface area contributed by atoms with E-state index in [4.69, 9.17) is 9.47 Å². The topological polar surface area (TPSA) is 38.7 Å². The zero-order valence-electron chi connectivity index (χ0n) is 12.7. The maximum atomic E-state index is 9.17. The summed E-state index contributed by atoms with van der Waals surface area (Å²) in [5, 5.41) is 9.17. The lowest BCUT2D eigenvalue weighted by Gasteiger charge is -2.43. The molecule has 0 amide bonds. The highest BCUT2D eigenvalue weighted by molar-refractivity contribution is 5.33. The second-order valence-electron chi connectivity index (χ2n) is 6.41. The second-order valence-corrected chi connectivity index (χ2v) is 6.41. The van der Waals surface area contributed by atoms with E-state index in [1.165, 1.54) is 32.1 Å². The molecule has 1 N–H and O–H groups in total. The Kier molecular flexibility index (Phi) is 4.81. The molecule has 0 aromatic heterocycles. The van der Waals surface area contributed by atoms with Gasteiger partial charge in [-0.05, 0) is 30.9 Å². The van der Waals surface area contributed by atoms with Gasteiger partial charge in [0.2, 0.25) is 0 Å². The van der Waals surface area contributed by atoms with E-state index in [1.54, 1.807) is 0 Å². The summed E-state index contributed by atoms with van der Waals surface area (Å²) >= 11 is 0. The largest absolute Gasteiger partial charge is 0.490 e. The molecule has 1 aromatic rings. The van der Waals surface area contributed by atoms with Gasteiger partial charge in [0, 0.05) is 19.4 Å². The standard InChI is InChI=1S/C18H26O3/c19-12-8-15-6-2-3-7-17(15)21-16-9-13-20-18(14-16)10-4-1-5-11-18/h2-3,6-7,16,19H,1,4-5,8-14H2. The Balaban J connectivity index is 1.67. The average Bonchev–Trinajstić information content (AvgIpc) is 2.50. The van der Waals surface area contributed by atoms with Crippen LogP contribution in [0, 0.1) is 0 Å². The number of benzene rings is 1. The van der Waals surface area contributed by atoms with Crippen molar-refractivity contribution in [2.75, 3.05) is 13.2 Å². The highest BCUT2D eigenvalue weighted by atomic mass is 16.5. The normalized spacial score (nSPS) is 24.9. The van der Waals surface area contributed by atoms with Crippen LogP contribution in [0.4, 0.5) is 0 Å². The van der Waals surface area contributed by atoms with Gasteiger partial charge in [0.1, 0.15) is 11.9 Å². The molecule has 21 heavy (non-hydrogen) atoms. The molecule has 1 aliphatic carbocycles. The Hall–Kier alpha value is -1.06. The van der Waals surface area contributed by atoms with Crippen molar-refractivity contribution < 1.29 is 14.6 Å². The number of para-hydroxylation sites is 1. The zero-order chi connectivity index (χ0) is 14.5. The molecule has 2 fully saturated rings. The van der Waals surface area contributed by atoms with Gasteiger partial charge >= 0.3 is 0 Å². The molecule has 1 atom stereocenters. The molecule has 0 bridgehead atoms. The van der Waals surface area contributed by atoms with Crippen LogP contribution < -0.4 is 4.74 Å². The van der Waals surface area contributed by atoms with Crippen LogP contribution in [-0.4, -0.2) is 30.0 Å². The zero-order valence-corrected chi connectivity index (χ0v) is 12.7. The van der Waals surface area contributed by atoms with Crippen LogP contribution in [-0.2, 0) is 11.2 Å². The van der Waals surface area contributed by atoms with Crippen LogP contribution in [0.5, 0.6) is 5.75 Å². The Bertz CT molecular complexity index is 446. The Labute approximate surface area is 127 Å². The summed E-state index contributed by atoms with van der Waals surface area (Å²) < 4.78 is 12.4. The third-order valence-electron chi connectivity index (χ3n) is 4.86. The fraction of sp³-hybridized carbons (Fsp3) is 0.667. The first kappa shape index (κ1) is 14.9. The van der Waals surface area contributed by atoms with E-state index >= 15 is 0 Å². The van der Waals surface area contributed by atoms with Gasteiger partial charge in [-0.15, -0.1) is 0 Å². The minimum absolute atomic E-state index is 0.0765. The molecule has 0 radical (unpaired) electrons. The predicted octanol–water partition coefficient (Wildman–Crippen LogP) is 3.48. The van der Waals surface area contributed by atoms with E-state index in [9.17, 15) is 5.11 Å². The van der Waals surface area contributed by atoms with Crippen molar-refractivity contribution in [3.8, 4) is 5.75 Å². The Morgan fingerprint density at radius 2 is 2.00 bits per heavy atom. The van der Waals surface area contributed by atoms with Crippen molar-refractivity contribution in [1.29, 1.82) is 0 Å². The van der Waals surface area contributed by atoms with E-state index in [-0.39, 0.29) is 18.3 Å². The number of ether oxygens (including phenoxy) is 2. The molecule has 1 spiro atoms. The Morgan fingerprint density at radius 3 is 2.81 bits per heavy atom. The highest BCUT2D eigenvalue weighted by Gasteiger charge is 2.39. The minimum atomic E-state index is 0.0765. The molecule has 1 heterocycles. The monoisotopic (exact) mass is 290 g/mol. The lowest BCUT2D eigenvalue weighted by molar-refractivity contribution is -0.129. The number of hydrogen-bond acceptors (Lipinski definition) is 3. The maximum Gasteiger partial charge on any atom is 0.122 e. The lowest BCUT2D eigenvalue weighted by atomic mass is 9.79. The van der Waals surface area contributed by atoms with Gasteiger partial charge in [-0.2, -0.15) is 0 Å². The molecular formula is C18H26O3. The molecule has 3 rings (SSSR count). The fourth-order valence-corrected chi connectivity index (χ4v) is 3.75. The SMILES string of the molecule is OCCc1ccccc1OC1CCOC2(CCCCC2)C1. The maximum absolute atomic E-state index is 9.17. The van der Waals surface area contributed by atoms with Crippen LogP contribution in [0.1, 0.15) is 50.5 Å². The number of aliphatic hydroxyl groups is 1. The molecule has 3 nitrogen and oxygen atoms in total. The molecule has 1 unspecified atom stereocenters. The van der Waals surface area contributed by atoms with E-state index < -0.39 is 0 Å². The Morgan fingerprint density at radius 1 is 1.19 bits per heavy atom. The molecular weight excluding hydrogens is 264 g/mol. The van der Waals surface area contributed by atoms with Crippen molar-refractivity contribution in [2.24, 2.45) is 0 Å². The summed E-state index contributed by atoms with van der Waals surface area (Å²) in [7, 11) is 0. The van der Waals surface area contributed by atoms with Gasteiger partial charge in [0.15, 0.2) is 0 Å². The van der Waals surface area contributed by atoms with Gasteiger partial charge in [-0.25, -0.2) is 0 Å². The molecule has 1 saturated carbocycles. The van der Waals surface area contributed by atoms with Crippen LogP contribution in [0.2, 0.25) is 0 Å². The predicted molar refractivity (Wildman–Crippen MR) is 82.6 cm³/mol. The van der Waals surface area contributed by atoms with Crippen LogP contribution in [0.3, 0.4) is 0 Å². The first-order valence-corrected chi connectivity index (χ1v) is 8.31. The van der Waals surface area contributed by atoms with Crippen molar-refractivity contribution in [2.45, 2.75) is 63.1 Å². The summed E-state index contributed by atoms with van der Waals surface area (Å²) in [5.41, 5.74) is 1.18. The summed E-state index contributed by atoms with van der Waals surface area (Å²) in [6.07, 6.45) is 9.17. The summed E-state index contributed by atoms with van der Waals surface area (Å²) in [6, 6.07) is 8.08. The number of aliphatic hydroxyl groups excluding tert-OH is 1. The molecule has 1 aliphatic heterocycles. The highest BCUT2D eigenvalue weighted by Crippen LogP contribution is 2.39. The van der Waals surface area contributed by atoms with Crippen LogP contribution in [0.25, 0.3) is 0 Å². The third kappa shape index (κ3) is 3.58. The summed E-state index contributed by atoms with van der Waals surface area (Å²) in [4.78, 5) is 0. The van der Waals surface area contributed by atoms with Crippen LogP contribution >= 0.6 is 0 Å². The summed E-state index contributed by atoms with van der Waals surface area (Å²) in [5.74, 6) is 0.935. The third-order valence-corrected chi connectivity index (χ3v) is 4.86. The fourth-order valence-electron chi connectivity index (χ4n) is 3.75. The quantitative estimate of drug-likeness (QED) is 0.922. The van der Waals surface area contributed by atoms with Gasteiger partial charge in [-0.1, -0.05) is 37.5 Å². The molecule has 1 saturated heterocycles. The first-order chi connectivity index (χ1) is 10.3. The molecule has 2 aliphatic rings. The van der Waals surface area contributed by atoms with Gasteiger partial charge in [0.05, 0.1) is 12.2 Å². The second kappa shape index (κ2) is 6.80. The van der Waals surface area contributed by atoms with E-state index in [2.05, 4.69) is 0 Å². The van der Waals surface area contributed by atoms with Crippen molar-refractivity contribution >= 4 is 0 Å². The first-order valence-electron chi connectivity index (χ1n) is 8.31. The molecule has 3 heteroatoms. The number of rotatable bonds is 4. The van der Waals surface area contributed by atoms with E-state index in [0.29, 0.717) is 6.42 Å². The van der Waals surface area contributed by atoms with Gasteiger partial charge in [0.25, 0.3) is 0 Å².